The van der Waals surface area contributed by atoms with E-state index in [2.05, 4.69) is 16.9 Å². The standard InChI is InChI=1S/C18H25N3O/c1-15-10-13-21(19-15)17-6-8-18(9-7-17)22-14-4-12-20-11-3-5-16(20)2/h6-10,13,16H,3-5,11-12,14H2,1-2H3/t16-/m1/s1. The lowest BCUT2D eigenvalue weighted by Gasteiger charge is -2.20. The van der Waals surface area contributed by atoms with Gasteiger partial charge in [0.1, 0.15) is 5.75 Å². The normalized spacial score (nSPS) is 18.7. The molecular formula is C18H25N3O. The van der Waals surface area contributed by atoms with Crippen LogP contribution in [0, 0.1) is 6.92 Å². The Balaban J connectivity index is 1.45. The van der Waals surface area contributed by atoms with E-state index >= 15 is 0 Å². The zero-order valence-electron chi connectivity index (χ0n) is 13.5. The lowest BCUT2D eigenvalue weighted by atomic mass is 10.2. The minimum atomic E-state index is 0.747. The minimum Gasteiger partial charge on any atom is -0.494 e. The molecule has 2 heterocycles. The molecule has 0 spiro atoms. The molecule has 0 N–H and O–H groups in total. The Morgan fingerprint density at radius 3 is 2.68 bits per heavy atom. The Hall–Kier alpha value is -1.81. The second-order valence-electron chi connectivity index (χ2n) is 6.12. The summed E-state index contributed by atoms with van der Waals surface area (Å²) in [7, 11) is 0. The molecule has 3 rings (SSSR count). The highest BCUT2D eigenvalue weighted by Gasteiger charge is 2.18. The molecule has 0 saturated carbocycles. The van der Waals surface area contributed by atoms with Gasteiger partial charge in [-0.15, -0.1) is 0 Å². The molecule has 4 nitrogen and oxygen atoms in total. The fourth-order valence-corrected chi connectivity index (χ4v) is 3.04. The van der Waals surface area contributed by atoms with Crippen LogP contribution in [0.3, 0.4) is 0 Å². The Labute approximate surface area is 132 Å². The average Bonchev–Trinajstić information content (AvgIpc) is 3.13. The molecule has 0 bridgehead atoms. The van der Waals surface area contributed by atoms with Gasteiger partial charge in [0.15, 0.2) is 0 Å². The number of hydrogen-bond donors (Lipinski definition) is 0. The monoisotopic (exact) mass is 299 g/mol. The smallest absolute Gasteiger partial charge is 0.119 e. The molecule has 1 aliphatic heterocycles. The van der Waals surface area contributed by atoms with Gasteiger partial charge in [-0.1, -0.05) is 0 Å². The molecule has 0 unspecified atom stereocenters. The maximum atomic E-state index is 5.84. The third kappa shape index (κ3) is 3.69. The van der Waals surface area contributed by atoms with E-state index in [-0.39, 0.29) is 0 Å². The lowest BCUT2D eigenvalue weighted by molar-refractivity contribution is 0.230. The summed E-state index contributed by atoms with van der Waals surface area (Å²) in [5.41, 5.74) is 2.09. The van der Waals surface area contributed by atoms with Crippen LogP contribution in [0.15, 0.2) is 36.5 Å². The highest BCUT2D eigenvalue weighted by Crippen LogP contribution is 2.17. The number of ether oxygens (including phenoxy) is 1. The van der Waals surface area contributed by atoms with Crippen molar-refractivity contribution in [3.05, 3.63) is 42.2 Å². The van der Waals surface area contributed by atoms with E-state index in [1.54, 1.807) is 0 Å². The average molecular weight is 299 g/mol. The molecule has 22 heavy (non-hydrogen) atoms. The zero-order chi connectivity index (χ0) is 15.4. The van der Waals surface area contributed by atoms with Crippen molar-refractivity contribution >= 4 is 0 Å². The molecule has 1 aromatic heterocycles. The summed E-state index contributed by atoms with van der Waals surface area (Å²) in [6.07, 6.45) is 5.75. The van der Waals surface area contributed by atoms with Crippen molar-refractivity contribution < 1.29 is 4.74 Å². The van der Waals surface area contributed by atoms with Crippen LogP contribution in [0.2, 0.25) is 0 Å². The molecule has 1 aromatic carbocycles. The SMILES string of the molecule is Cc1ccn(-c2ccc(OCCCN3CCC[C@H]3C)cc2)n1. The van der Waals surface area contributed by atoms with Crippen LogP contribution >= 0.6 is 0 Å². The third-order valence-corrected chi connectivity index (χ3v) is 4.37. The molecule has 0 amide bonds. The van der Waals surface area contributed by atoms with E-state index in [1.807, 2.05) is 48.1 Å². The van der Waals surface area contributed by atoms with Crippen molar-refractivity contribution in [1.82, 2.24) is 14.7 Å². The molecule has 4 heteroatoms. The first kappa shape index (κ1) is 15.1. The molecule has 1 fully saturated rings. The molecular weight excluding hydrogens is 274 g/mol. The van der Waals surface area contributed by atoms with Crippen molar-refractivity contribution in [2.45, 2.75) is 39.2 Å². The molecule has 118 valence electrons. The second kappa shape index (κ2) is 6.97. The highest BCUT2D eigenvalue weighted by molar-refractivity contribution is 5.36. The van der Waals surface area contributed by atoms with E-state index < -0.39 is 0 Å². The van der Waals surface area contributed by atoms with Gasteiger partial charge in [-0.3, -0.25) is 0 Å². The van der Waals surface area contributed by atoms with Gasteiger partial charge in [-0.25, -0.2) is 4.68 Å². The third-order valence-electron chi connectivity index (χ3n) is 4.37. The van der Waals surface area contributed by atoms with E-state index in [9.17, 15) is 0 Å². The number of nitrogens with zero attached hydrogens (tertiary/aromatic N) is 3. The molecule has 0 aliphatic carbocycles. The van der Waals surface area contributed by atoms with Gasteiger partial charge in [0.2, 0.25) is 0 Å². The lowest BCUT2D eigenvalue weighted by Crippen LogP contribution is -2.28. The minimum absolute atomic E-state index is 0.747. The largest absolute Gasteiger partial charge is 0.494 e. The Morgan fingerprint density at radius 2 is 2.05 bits per heavy atom. The number of aryl methyl sites for hydroxylation is 1. The van der Waals surface area contributed by atoms with Crippen LogP contribution in [0.1, 0.15) is 31.9 Å². The summed E-state index contributed by atoms with van der Waals surface area (Å²) in [6.45, 7) is 7.49. The predicted octanol–water partition coefficient (Wildman–Crippen LogP) is 3.43. The van der Waals surface area contributed by atoms with Crippen LogP contribution in [0.25, 0.3) is 5.69 Å². The fourth-order valence-electron chi connectivity index (χ4n) is 3.04. The van der Waals surface area contributed by atoms with Crippen molar-refractivity contribution in [2.75, 3.05) is 19.7 Å². The summed E-state index contributed by atoms with van der Waals surface area (Å²) in [4.78, 5) is 2.56. The van der Waals surface area contributed by atoms with Gasteiger partial charge >= 0.3 is 0 Å². The van der Waals surface area contributed by atoms with Gasteiger partial charge in [-0.05, 0) is 70.0 Å². The Bertz CT molecular complexity index is 591. The van der Waals surface area contributed by atoms with E-state index in [4.69, 9.17) is 4.74 Å². The summed E-state index contributed by atoms with van der Waals surface area (Å²) < 4.78 is 7.72. The summed E-state index contributed by atoms with van der Waals surface area (Å²) in [5, 5.41) is 4.41. The Kier molecular flexibility index (Phi) is 4.78. The highest BCUT2D eigenvalue weighted by atomic mass is 16.5. The maximum Gasteiger partial charge on any atom is 0.119 e. The quantitative estimate of drug-likeness (QED) is 0.766. The van der Waals surface area contributed by atoms with Gasteiger partial charge in [0.05, 0.1) is 18.0 Å². The first-order valence-electron chi connectivity index (χ1n) is 8.22. The van der Waals surface area contributed by atoms with Gasteiger partial charge < -0.3 is 9.64 Å². The van der Waals surface area contributed by atoms with Crippen LogP contribution < -0.4 is 4.74 Å². The van der Waals surface area contributed by atoms with Crippen molar-refractivity contribution in [3.63, 3.8) is 0 Å². The number of benzene rings is 1. The van der Waals surface area contributed by atoms with E-state index in [0.29, 0.717) is 0 Å². The van der Waals surface area contributed by atoms with Gasteiger partial charge in [0, 0.05) is 18.8 Å². The zero-order valence-corrected chi connectivity index (χ0v) is 13.5. The summed E-state index contributed by atoms with van der Waals surface area (Å²) in [6, 6.07) is 10.9. The van der Waals surface area contributed by atoms with Gasteiger partial charge in [-0.2, -0.15) is 5.10 Å². The van der Waals surface area contributed by atoms with Crippen molar-refractivity contribution in [1.29, 1.82) is 0 Å². The summed E-state index contributed by atoms with van der Waals surface area (Å²) in [5.74, 6) is 0.932. The molecule has 1 saturated heterocycles. The summed E-state index contributed by atoms with van der Waals surface area (Å²) >= 11 is 0. The Morgan fingerprint density at radius 1 is 1.23 bits per heavy atom. The number of rotatable bonds is 6. The van der Waals surface area contributed by atoms with Crippen LogP contribution in [0.4, 0.5) is 0 Å². The van der Waals surface area contributed by atoms with E-state index in [0.717, 1.165) is 42.7 Å². The van der Waals surface area contributed by atoms with Crippen molar-refractivity contribution in [3.8, 4) is 11.4 Å². The molecule has 2 aromatic rings. The molecule has 1 aliphatic rings. The first-order chi connectivity index (χ1) is 10.7. The fraction of sp³-hybridized carbons (Fsp3) is 0.500. The topological polar surface area (TPSA) is 30.3 Å². The van der Waals surface area contributed by atoms with Gasteiger partial charge in [0.25, 0.3) is 0 Å². The van der Waals surface area contributed by atoms with E-state index in [1.165, 1.54) is 19.4 Å². The molecule has 1 atom stereocenters. The van der Waals surface area contributed by atoms with Crippen LogP contribution in [-0.4, -0.2) is 40.4 Å². The van der Waals surface area contributed by atoms with Crippen LogP contribution in [-0.2, 0) is 0 Å². The number of hydrogen-bond acceptors (Lipinski definition) is 3. The second-order valence-corrected chi connectivity index (χ2v) is 6.12. The number of likely N-dealkylation sites (tertiary alicyclic amines) is 1. The first-order valence-corrected chi connectivity index (χ1v) is 8.22. The maximum absolute atomic E-state index is 5.84. The van der Waals surface area contributed by atoms with Crippen molar-refractivity contribution in [2.24, 2.45) is 0 Å². The molecule has 0 radical (unpaired) electrons. The van der Waals surface area contributed by atoms with Crippen LogP contribution in [0.5, 0.6) is 5.75 Å². The number of aromatic nitrogens is 2. The predicted molar refractivity (Wildman–Crippen MR) is 88.7 cm³/mol.